The zero-order valence-electron chi connectivity index (χ0n) is 18.6. The van der Waals surface area contributed by atoms with Crippen LogP contribution in [-0.4, -0.2) is 41.1 Å². The molecule has 4 heterocycles. The number of carbonyl (C=O) groups excluding carboxylic acids is 2. The first-order valence-corrected chi connectivity index (χ1v) is 13.1. The quantitative estimate of drug-likeness (QED) is 0.512. The van der Waals surface area contributed by atoms with Gasteiger partial charge in [0.1, 0.15) is 5.54 Å². The Kier molecular flexibility index (Phi) is 4.72. The summed E-state index contributed by atoms with van der Waals surface area (Å²) < 4.78 is 11.0. The minimum absolute atomic E-state index is 0.0287. The number of benzene rings is 3. The van der Waals surface area contributed by atoms with Crippen molar-refractivity contribution in [3.05, 3.63) is 88.4 Å². The summed E-state index contributed by atoms with van der Waals surface area (Å²) in [5, 5.41) is 3.62. The Hall–Kier alpha value is -3.00. The molecular formula is C27H21ClN2O4S. The molecule has 1 spiro atoms. The van der Waals surface area contributed by atoms with Crippen molar-refractivity contribution >= 4 is 40.7 Å². The summed E-state index contributed by atoms with van der Waals surface area (Å²) in [6.07, 6.45) is 0. The monoisotopic (exact) mass is 504 g/mol. The maximum atomic E-state index is 14.5. The molecule has 1 N–H and O–H groups in total. The van der Waals surface area contributed by atoms with E-state index in [1.54, 1.807) is 36.0 Å². The fraction of sp³-hybridized carbons (Fsp3) is 0.259. The van der Waals surface area contributed by atoms with Crippen LogP contribution in [0.15, 0.2) is 66.7 Å². The number of rotatable bonds is 3. The number of nitrogens with one attached hydrogen (secondary N) is 1. The maximum absolute atomic E-state index is 14.5. The molecule has 176 valence electrons. The van der Waals surface area contributed by atoms with Gasteiger partial charge in [-0.1, -0.05) is 41.9 Å². The van der Waals surface area contributed by atoms with E-state index in [1.807, 2.05) is 30.3 Å². The van der Waals surface area contributed by atoms with Crippen molar-refractivity contribution < 1.29 is 19.1 Å². The minimum Gasteiger partial charge on any atom is -0.454 e. The number of hydrogen-bond acceptors (Lipinski definition) is 6. The van der Waals surface area contributed by atoms with Crippen molar-refractivity contribution in [2.75, 3.05) is 23.7 Å². The van der Waals surface area contributed by atoms with E-state index >= 15 is 0 Å². The number of halogens is 1. The molecule has 2 fully saturated rings. The van der Waals surface area contributed by atoms with Crippen LogP contribution >= 0.6 is 23.4 Å². The Morgan fingerprint density at radius 2 is 1.89 bits per heavy atom. The molecule has 0 saturated carbocycles. The molecule has 0 radical (unpaired) electrons. The molecule has 0 bridgehead atoms. The van der Waals surface area contributed by atoms with Crippen LogP contribution in [0.2, 0.25) is 5.02 Å². The summed E-state index contributed by atoms with van der Waals surface area (Å²) in [5.41, 5.74) is 1.91. The summed E-state index contributed by atoms with van der Waals surface area (Å²) in [7, 11) is 0. The highest BCUT2D eigenvalue weighted by molar-refractivity contribution is 7.99. The van der Waals surface area contributed by atoms with Gasteiger partial charge in [0.05, 0.1) is 5.92 Å². The third-order valence-corrected chi connectivity index (χ3v) is 8.98. The summed E-state index contributed by atoms with van der Waals surface area (Å²) in [5.74, 6) is 1.62. The third kappa shape index (κ3) is 2.89. The number of thioether (sulfide) groups is 1. The maximum Gasteiger partial charge on any atom is 0.250 e. The predicted molar refractivity (Wildman–Crippen MR) is 134 cm³/mol. The van der Waals surface area contributed by atoms with E-state index in [0.717, 1.165) is 16.9 Å². The standard InChI is InChI=1S/C27H21ClN2O4S/c28-17-7-8-19-18(11-17)27(26(32)29-19)24(25(31)16-6-9-21-22(10-16)34-14-33-21)23(15-4-2-1-3-5-15)20-12-35-13-30(20)27/h1-11,20,23-24H,12-14H2,(H,29,32)/t20?,23?,24?,27-/m1/s1. The number of ether oxygens (including phenoxy) is 2. The number of carbonyl (C=O) groups is 2. The number of amides is 1. The SMILES string of the molecule is O=C(c1ccc2c(c1)OCO2)C1C(c2ccccc2)C2CSCN2[C@@]12C(=O)Nc1ccc(Cl)cc12. The first-order chi connectivity index (χ1) is 17.1. The molecule has 3 aromatic rings. The van der Waals surface area contributed by atoms with E-state index in [-0.39, 0.29) is 30.4 Å². The van der Waals surface area contributed by atoms with Gasteiger partial charge in [0.2, 0.25) is 12.7 Å². The fourth-order valence-corrected chi connectivity index (χ4v) is 7.82. The number of hydrogen-bond donors (Lipinski definition) is 1. The molecule has 35 heavy (non-hydrogen) atoms. The van der Waals surface area contributed by atoms with Crippen molar-refractivity contribution in [2.24, 2.45) is 5.92 Å². The lowest BCUT2D eigenvalue weighted by atomic mass is 9.69. The topological polar surface area (TPSA) is 67.9 Å². The van der Waals surface area contributed by atoms with E-state index in [2.05, 4.69) is 22.3 Å². The molecule has 0 aliphatic carbocycles. The predicted octanol–water partition coefficient (Wildman–Crippen LogP) is 4.89. The van der Waals surface area contributed by atoms with Gasteiger partial charge in [-0.15, -0.1) is 11.8 Å². The number of nitrogens with zero attached hydrogens (tertiary/aromatic N) is 1. The van der Waals surface area contributed by atoms with Gasteiger partial charge in [0.25, 0.3) is 0 Å². The first-order valence-electron chi connectivity index (χ1n) is 11.5. The first kappa shape index (κ1) is 21.3. The Morgan fingerprint density at radius 1 is 1.06 bits per heavy atom. The second-order valence-corrected chi connectivity index (χ2v) is 10.7. The number of Topliss-reactive ketones (excluding diaryl/α,β-unsaturated/α-hetero) is 1. The van der Waals surface area contributed by atoms with Crippen LogP contribution in [-0.2, 0) is 10.3 Å². The Bertz CT molecular complexity index is 1380. The Morgan fingerprint density at radius 3 is 2.74 bits per heavy atom. The van der Waals surface area contributed by atoms with Crippen molar-refractivity contribution in [3.8, 4) is 11.5 Å². The lowest BCUT2D eigenvalue weighted by Gasteiger charge is -2.36. The van der Waals surface area contributed by atoms with Gasteiger partial charge in [0, 0.05) is 45.4 Å². The fourth-order valence-electron chi connectivity index (χ4n) is 6.33. The number of ketones is 1. The van der Waals surface area contributed by atoms with Gasteiger partial charge < -0.3 is 14.8 Å². The molecule has 7 rings (SSSR count). The molecule has 0 aromatic heterocycles. The average Bonchev–Trinajstić information content (AvgIpc) is 3.63. The van der Waals surface area contributed by atoms with Crippen LogP contribution in [0.4, 0.5) is 5.69 Å². The summed E-state index contributed by atoms with van der Waals surface area (Å²) in [6.45, 7) is 0.133. The van der Waals surface area contributed by atoms with E-state index < -0.39 is 11.5 Å². The van der Waals surface area contributed by atoms with Gasteiger partial charge in [-0.2, -0.15) is 0 Å². The molecule has 8 heteroatoms. The van der Waals surface area contributed by atoms with Crippen molar-refractivity contribution in [2.45, 2.75) is 17.5 Å². The van der Waals surface area contributed by atoms with Crippen LogP contribution in [0, 0.1) is 5.92 Å². The second-order valence-electron chi connectivity index (χ2n) is 9.29. The molecule has 4 aliphatic heterocycles. The largest absolute Gasteiger partial charge is 0.454 e. The van der Waals surface area contributed by atoms with E-state index in [4.69, 9.17) is 21.1 Å². The molecular weight excluding hydrogens is 484 g/mol. The molecule has 2 saturated heterocycles. The summed E-state index contributed by atoms with van der Waals surface area (Å²) in [6, 6.07) is 20.9. The second kappa shape index (κ2) is 7.75. The van der Waals surface area contributed by atoms with E-state index in [9.17, 15) is 9.59 Å². The lowest BCUT2D eigenvalue weighted by molar-refractivity contribution is -0.127. The Labute approximate surface area is 211 Å². The van der Waals surface area contributed by atoms with Crippen LogP contribution in [0.1, 0.15) is 27.4 Å². The highest BCUT2D eigenvalue weighted by Gasteiger charge is 2.69. The van der Waals surface area contributed by atoms with E-state index in [1.165, 1.54) is 0 Å². The number of anilines is 1. The van der Waals surface area contributed by atoms with Crippen LogP contribution < -0.4 is 14.8 Å². The molecule has 6 nitrogen and oxygen atoms in total. The van der Waals surface area contributed by atoms with Crippen LogP contribution in [0.5, 0.6) is 11.5 Å². The highest BCUT2D eigenvalue weighted by atomic mass is 35.5. The van der Waals surface area contributed by atoms with Gasteiger partial charge in [0.15, 0.2) is 17.3 Å². The summed E-state index contributed by atoms with van der Waals surface area (Å²) in [4.78, 5) is 30.8. The van der Waals surface area contributed by atoms with Crippen LogP contribution in [0.3, 0.4) is 0 Å². The minimum atomic E-state index is -1.15. The summed E-state index contributed by atoms with van der Waals surface area (Å²) >= 11 is 8.26. The van der Waals surface area contributed by atoms with Crippen molar-refractivity contribution in [1.29, 1.82) is 0 Å². The molecule has 1 amide bonds. The van der Waals surface area contributed by atoms with E-state index in [0.29, 0.717) is 33.6 Å². The zero-order chi connectivity index (χ0) is 23.7. The third-order valence-electron chi connectivity index (χ3n) is 7.71. The molecule has 4 aliphatic rings. The number of fused-ring (bicyclic) bond motifs is 5. The van der Waals surface area contributed by atoms with Crippen molar-refractivity contribution in [3.63, 3.8) is 0 Å². The molecule has 3 unspecified atom stereocenters. The Balaban J connectivity index is 1.47. The van der Waals surface area contributed by atoms with Crippen LogP contribution in [0.25, 0.3) is 0 Å². The smallest absolute Gasteiger partial charge is 0.250 e. The zero-order valence-corrected chi connectivity index (χ0v) is 20.1. The van der Waals surface area contributed by atoms with Gasteiger partial charge in [-0.3, -0.25) is 14.5 Å². The van der Waals surface area contributed by atoms with Gasteiger partial charge in [-0.25, -0.2) is 0 Å². The van der Waals surface area contributed by atoms with Crippen molar-refractivity contribution in [1.82, 2.24) is 4.90 Å². The van der Waals surface area contributed by atoms with Gasteiger partial charge >= 0.3 is 0 Å². The molecule has 3 aromatic carbocycles. The molecule has 4 atom stereocenters. The normalized spacial score (nSPS) is 28.3. The average molecular weight is 505 g/mol. The van der Waals surface area contributed by atoms with Gasteiger partial charge in [-0.05, 0) is 42.0 Å². The highest BCUT2D eigenvalue weighted by Crippen LogP contribution is 2.61. The lowest BCUT2D eigenvalue weighted by Crippen LogP contribution is -2.52.